The van der Waals surface area contributed by atoms with E-state index in [0.29, 0.717) is 6.73 Å². The van der Waals surface area contributed by atoms with E-state index in [-0.39, 0.29) is 0 Å². The van der Waals surface area contributed by atoms with Crippen molar-refractivity contribution >= 4 is 12.4 Å². The van der Waals surface area contributed by atoms with E-state index < -0.39 is 0 Å². The van der Waals surface area contributed by atoms with Crippen LogP contribution in [0.15, 0.2) is 53.6 Å². The van der Waals surface area contributed by atoms with Crippen molar-refractivity contribution < 1.29 is 9.42 Å². The molecule has 2 aromatic rings. The molecule has 0 aromatic heterocycles. The summed E-state index contributed by atoms with van der Waals surface area (Å²) in [5, 5.41) is 4.41. The summed E-state index contributed by atoms with van der Waals surface area (Å²) in [7, 11) is 0. The Morgan fingerprint density at radius 3 is 2.79 bits per heavy atom. The molecule has 0 radical (unpaired) electrons. The maximum Gasteiger partial charge on any atom is 0.317 e. The highest BCUT2D eigenvalue weighted by Crippen LogP contribution is 2.23. The highest BCUT2D eigenvalue weighted by atomic mass is 16.5. The lowest BCUT2D eigenvalue weighted by atomic mass is 10.1. The van der Waals surface area contributed by atoms with Gasteiger partial charge in [0.1, 0.15) is 12.0 Å². The van der Waals surface area contributed by atoms with Crippen LogP contribution in [0.25, 0.3) is 0 Å². The minimum atomic E-state index is 0.446. The van der Waals surface area contributed by atoms with Crippen molar-refractivity contribution in [3.63, 3.8) is 0 Å². The van der Waals surface area contributed by atoms with Crippen LogP contribution in [0.4, 0.5) is 0 Å². The molecule has 0 N–H and O–H groups in total. The summed E-state index contributed by atoms with van der Waals surface area (Å²) < 4.78 is 7.54. The van der Waals surface area contributed by atoms with Gasteiger partial charge in [0.2, 0.25) is 6.21 Å². The predicted octanol–water partition coefficient (Wildman–Crippen LogP) is 2.81. The minimum Gasteiger partial charge on any atom is -0.433 e. The van der Waals surface area contributed by atoms with E-state index in [4.69, 9.17) is 4.74 Å². The highest BCUT2D eigenvalue weighted by Gasteiger charge is 2.17. The molecule has 0 spiro atoms. The lowest BCUT2D eigenvalue weighted by Gasteiger charge is -2.12. The first-order valence-corrected chi connectivity index (χ1v) is 6.26. The number of para-hydroxylation sites is 1. The fraction of sp³-hybridized carbons (Fsp3) is 0.125. The molecule has 0 saturated carbocycles. The quantitative estimate of drug-likeness (QED) is 0.595. The molecular weight excluding hydrogens is 236 g/mol. The van der Waals surface area contributed by atoms with Gasteiger partial charge in [-0.25, -0.2) is 0 Å². The van der Waals surface area contributed by atoms with Crippen LogP contribution in [-0.4, -0.2) is 23.8 Å². The Bertz CT molecular complexity index is 645. The first-order valence-electron chi connectivity index (χ1n) is 6.26. The molecule has 0 saturated heterocycles. The second-order valence-electron chi connectivity index (χ2n) is 4.49. The molecule has 1 heterocycles. The number of benzene rings is 2. The number of rotatable bonds is 2. The van der Waals surface area contributed by atoms with Crippen LogP contribution in [0, 0.1) is 6.92 Å². The Hall–Kier alpha value is -2.42. The van der Waals surface area contributed by atoms with Gasteiger partial charge in [0, 0.05) is 0 Å². The normalized spacial score (nSPS) is 13.8. The third-order valence-electron chi connectivity index (χ3n) is 3.03. The average molecular weight is 251 g/mol. The van der Waals surface area contributed by atoms with Crippen LogP contribution in [0.5, 0.6) is 5.75 Å². The van der Waals surface area contributed by atoms with Crippen molar-refractivity contribution in [3.8, 4) is 5.75 Å². The average Bonchev–Trinajstić information content (AvgIpc) is 2.46. The summed E-state index contributed by atoms with van der Waals surface area (Å²) >= 11 is 0. The summed E-state index contributed by atoms with van der Waals surface area (Å²) in [6, 6.07) is 16.1. The van der Waals surface area contributed by atoms with Crippen molar-refractivity contribution in [1.82, 2.24) is 0 Å². The van der Waals surface area contributed by atoms with Crippen molar-refractivity contribution in [2.75, 3.05) is 6.73 Å². The van der Waals surface area contributed by atoms with Gasteiger partial charge >= 0.3 is 6.73 Å². The van der Waals surface area contributed by atoms with Crippen LogP contribution >= 0.6 is 0 Å². The summed E-state index contributed by atoms with van der Waals surface area (Å²) in [6.07, 6.45) is 3.84. The van der Waals surface area contributed by atoms with Gasteiger partial charge in [0.15, 0.2) is 0 Å². The van der Waals surface area contributed by atoms with Gasteiger partial charge in [-0.15, -0.1) is 0 Å². The second-order valence-corrected chi connectivity index (χ2v) is 4.49. The highest BCUT2D eigenvalue weighted by molar-refractivity contribution is 5.82. The Kier molecular flexibility index (Phi) is 3.11. The molecule has 2 aromatic carbocycles. The lowest BCUT2D eigenvalue weighted by Crippen LogP contribution is -2.20. The van der Waals surface area contributed by atoms with E-state index in [0.717, 1.165) is 22.4 Å². The maximum atomic E-state index is 5.74. The predicted molar refractivity (Wildman–Crippen MR) is 76.1 cm³/mol. The first-order chi connectivity index (χ1) is 9.33. The molecule has 0 fully saturated rings. The van der Waals surface area contributed by atoms with Crippen LogP contribution < -0.4 is 4.74 Å². The third-order valence-corrected chi connectivity index (χ3v) is 3.03. The molecule has 0 unspecified atom stereocenters. The summed E-state index contributed by atoms with van der Waals surface area (Å²) in [6.45, 7) is 2.50. The largest absolute Gasteiger partial charge is 0.433 e. The van der Waals surface area contributed by atoms with E-state index >= 15 is 0 Å². The summed E-state index contributed by atoms with van der Waals surface area (Å²) in [4.78, 5) is 0. The van der Waals surface area contributed by atoms with Gasteiger partial charge in [-0.2, -0.15) is 0 Å². The standard InChI is InChI=1S/C16H15N2O/c1-13-6-5-9-15-11-18(12-19-16(13)15)17-10-14-7-3-2-4-8-14/h2-11H,12H2,1H3/q+1/b17-10+. The second kappa shape index (κ2) is 5.06. The van der Waals surface area contributed by atoms with Crippen LogP contribution in [-0.2, 0) is 0 Å². The van der Waals surface area contributed by atoms with Gasteiger partial charge in [-0.1, -0.05) is 47.1 Å². The van der Waals surface area contributed by atoms with Gasteiger partial charge in [0.05, 0.1) is 5.56 Å². The van der Waals surface area contributed by atoms with E-state index in [9.17, 15) is 0 Å². The van der Waals surface area contributed by atoms with Crippen LogP contribution in [0.2, 0.25) is 0 Å². The topological polar surface area (TPSA) is 24.6 Å². The zero-order valence-electron chi connectivity index (χ0n) is 10.8. The smallest absolute Gasteiger partial charge is 0.317 e. The molecule has 0 bridgehead atoms. The third kappa shape index (κ3) is 2.55. The SMILES string of the molecule is Cc1cccc2c1OC[N+](/N=C/c1ccccc1)=C2. The Morgan fingerprint density at radius 2 is 1.95 bits per heavy atom. The van der Waals surface area contributed by atoms with Crippen molar-refractivity contribution in [1.29, 1.82) is 0 Å². The molecule has 19 heavy (non-hydrogen) atoms. The van der Waals surface area contributed by atoms with Gasteiger partial charge in [-0.3, -0.25) is 0 Å². The fourth-order valence-corrected chi connectivity index (χ4v) is 2.05. The minimum absolute atomic E-state index is 0.446. The molecule has 0 amide bonds. The van der Waals surface area contributed by atoms with E-state index in [2.05, 4.69) is 18.1 Å². The number of nitrogens with zero attached hydrogens (tertiary/aromatic N) is 2. The Balaban J connectivity index is 1.86. The molecule has 3 rings (SSSR count). The molecule has 1 aliphatic heterocycles. The number of ether oxygens (including phenoxy) is 1. The molecular formula is C16H15N2O+. The molecule has 3 nitrogen and oxygen atoms in total. The molecule has 0 aliphatic carbocycles. The molecule has 0 atom stereocenters. The van der Waals surface area contributed by atoms with E-state index in [1.54, 1.807) is 4.68 Å². The number of hydrogen-bond donors (Lipinski definition) is 0. The zero-order valence-corrected chi connectivity index (χ0v) is 10.8. The number of fused-ring (bicyclic) bond motifs is 1. The molecule has 3 heteroatoms. The Morgan fingerprint density at radius 1 is 1.11 bits per heavy atom. The van der Waals surface area contributed by atoms with E-state index in [1.165, 1.54) is 0 Å². The number of hydrogen-bond acceptors (Lipinski definition) is 2. The maximum absolute atomic E-state index is 5.74. The van der Waals surface area contributed by atoms with Crippen molar-refractivity contribution in [3.05, 3.63) is 65.2 Å². The van der Waals surface area contributed by atoms with Crippen molar-refractivity contribution in [2.45, 2.75) is 6.92 Å². The molecule has 1 aliphatic rings. The lowest BCUT2D eigenvalue weighted by molar-refractivity contribution is -0.560. The summed E-state index contributed by atoms with van der Waals surface area (Å²) in [5.74, 6) is 0.952. The summed E-state index contributed by atoms with van der Waals surface area (Å²) in [5.41, 5.74) is 3.29. The van der Waals surface area contributed by atoms with Crippen LogP contribution in [0.1, 0.15) is 16.7 Å². The fourth-order valence-electron chi connectivity index (χ4n) is 2.05. The van der Waals surface area contributed by atoms with Gasteiger partial charge in [-0.05, 0) is 29.2 Å². The number of hydrazone groups is 1. The Labute approximate surface area is 112 Å². The van der Waals surface area contributed by atoms with Crippen LogP contribution in [0.3, 0.4) is 0 Å². The number of aryl methyl sites for hydroxylation is 1. The monoisotopic (exact) mass is 251 g/mol. The van der Waals surface area contributed by atoms with Gasteiger partial charge < -0.3 is 4.74 Å². The molecule has 94 valence electrons. The zero-order chi connectivity index (χ0) is 13.1. The van der Waals surface area contributed by atoms with Gasteiger partial charge in [0.25, 0.3) is 0 Å². The van der Waals surface area contributed by atoms with Crippen molar-refractivity contribution in [2.24, 2.45) is 5.10 Å². The van der Waals surface area contributed by atoms with E-state index in [1.807, 2.05) is 54.9 Å². The first kappa shape index (κ1) is 11.7.